The molecule has 0 bridgehead atoms. The zero-order valence-corrected chi connectivity index (χ0v) is 7.28. The van der Waals surface area contributed by atoms with Crippen LogP contribution in [0.2, 0.25) is 0 Å². The molecule has 1 aromatic heterocycles. The van der Waals surface area contributed by atoms with E-state index in [-0.39, 0.29) is 5.82 Å². The van der Waals surface area contributed by atoms with Crippen LogP contribution >= 0.6 is 11.6 Å². The molecule has 5 nitrogen and oxygen atoms in total. The molecule has 0 aromatic carbocycles. The van der Waals surface area contributed by atoms with E-state index in [2.05, 4.69) is 4.98 Å². The molecule has 0 aliphatic rings. The molecule has 1 rings (SSSR count). The molecular weight excluding hydrogens is 182 g/mol. The van der Waals surface area contributed by atoms with Crippen LogP contribution in [0.15, 0.2) is 6.20 Å². The van der Waals surface area contributed by atoms with Crippen molar-refractivity contribution >= 4 is 17.4 Å². The van der Waals surface area contributed by atoms with Crippen LogP contribution in [0.25, 0.3) is 0 Å². The van der Waals surface area contributed by atoms with Crippen LogP contribution < -0.4 is 0 Å². The van der Waals surface area contributed by atoms with Crippen molar-refractivity contribution in [2.75, 3.05) is 5.88 Å². The van der Waals surface area contributed by atoms with E-state index in [1.807, 2.05) is 0 Å². The summed E-state index contributed by atoms with van der Waals surface area (Å²) >= 11 is 5.47. The maximum atomic E-state index is 10.4. The Morgan fingerprint density at radius 2 is 2.50 bits per heavy atom. The van der Waals surface area contributed by atoms with Gasteiger partial charge < -0.3 is 10.1 Å². The molecule has 0 aliphatic heterocycles. The molecule has 66 valence electrons. The first-order valence-corrected chi connectivity index (χ1v) is 3.92. The lowest BCUT2D eigenvalue weighted by Crippen LogP contribution is -2.05. The van der Waals surface area contributed by atoms with Crippen molar-refractivity contribution in [2.45, 2.75) is 13.5 Å². The number of nitrogens with zero attached hydrogens (tertiary/aromatic N) is 3. The van der Waals surface area contributed by atoms with Gasteiger partial charge in [0.15, 0.2) is 5.82 Å². The normalized spacial score (nSPS) is 10.2. The topological polar surface area (TPSA) is 61.0 Å². The SMILES string of the molecule is Cc1ncc([N+](=O)[O-])n1CCCl. The summed E-state index contributed by atoms with van der Waals surface area (Å²) in [6.07, 6.45) is 1.24. The fourth-order valence-electron chi connectivity index (χ4n) is 0.963. The first-order chi connectivity index (χ1) is 5.66. The molecule has 1 heterocycles. The Morgan fingerprint density at radius 3 is 3.00 bits per heavy atom. The fourth-order valence-corrected chi connectivity index (χ4v) is 1.13. The van der Waals surface area contributed by atoms with Gasteiger partial charge in [-0.3, -0.25) is 0 Å². The quantitative estimate of drug-likeness (QED) is 0.410. The highest BCUT2D eigenvalue weighted by molar-refractivity contribution is 6.17. The van der Waals surface area contributed by atoms with E-state index in [1.54, 1.807) is 6.92 Å². The number of imidazole rings is 1. The van der Waals surface area contributed by atoms with Crippen molar-refractivity contribution < 1.29 is 4.92 Å². The van der Waals surface area contributed by atoms with E-state index < -0.39 is 4.92 Å². The highest BCUT2D eigenvalue weighted by Gasteiger charge is 2.15. The number of nitro groups is 1. The Kier molecular flexibility index (Phi) is 2.65. The number of halogens is 1. The van der Waals surface area contributed by atoms with E-state index in [0.29, 0.717) is 18.2 Å². The predicted octanol–water partition coefficient (Wildman–Crippen LogP) is 1.34. The molecule has 0 N–H and O–H groups in total. The average Bonchev–Trinajstić information content (AvgIpc) is 2.34. The summed E-state index contributed by atoms with van der Waals surface area (Å²) < 4.78 is 1.48. The molecule has 0 unspecified atom stereocenters. The first-order valence-electron chi connectivity index (χ1n) is 3.39. The number of hydrogen-bond acceptors (Lipinski definition) is 3. The van der Waals surface area contributed by atoms with Crippen molar-refractivity contribution in [2.24, 2.45) is 0 Å². The van der Waals surface area contributed by atoms with Gasteiger partial charge >= 0.3 is 5.82 Å². The summed E-state index contributed by atoms with van der Waals surface area (Å²) in [5, 5.41) is 10.4. The van der Waals surface area contributed by atoms with Gasteiger partial charge in [0.05, 0.1) is 5.88 Å². The van der Waals surface area contributed by atoms with E-state index in [0.717, 1.165) is 0 Å². The largest absolute Gasteiger partial charge is 0.358 e. The Labute approximate surface area is 74.1 Å². The smallest absolute Gasteiger partial charge is 0.342 e. The zero-order valence-electron chi connectivity index (χ0n) is 6.53. The van der Waals surface area contributed by atoms with Gasteiger partial charge in [-0.2, -0.15) is 0 Å². The van der Waals surface area contributed by atoms with Crippen molar-refractivity contribution in [3.05, 3.63) is 22.1 Å². The van der Waals surface area contributed by atoms with Crippen LogP contribution in [0.1, 0.15) is 5.82 Å². The molecule has 0 saturated heterocycles. The van der Waals surface area contributed by atoms with Crippen molar-refractivity contribution in [1.82, 2.24) is 9.55 Å². The van der Waals surface area contributed by atoms with Gasteiger partial charge in [-0.25, -0.2) is 9.55 Å². The van der Waals surface area contributed by atoms with Gasteiger partial charge in [0, 0.05) is 6.92 Å². The molecule has 0 fully saturated rings. The maximum Gasteiger partial charge on any atom is 0.342 e. The third kappa shape index (κ3) is 1.55. The Morgan fingerprint density at radius 1 is 1.83 bits per heavy atom. The highest BCUT2D eigenvalue weighted by Crippen LogP contribution is 2.12. The molecular formula is C6H8ClN3O2. The Hall–Kier alpha value is -1.10. The first kappa shape index (κ1) is 8.99. The average molecular weight is 190 g/mol. The van der Waals surface area contributed by atoms with E-state index in [4.69, 9.17) is 11.6 Å². The lowest BCUT2D eigenvalue weighted by Gasteiger charge is -1.98. The molecule has 12 heavy (non-hydrogen) atoms. The molecule has 0 spiro atoms. The predicted molar refractivity (Wildman–Crippen MR) is 44.3 cm³/mol. The van der Waals surface area contributed by atoms with Crippen LogP contribution in [0.5, 0.6) is 0 Å². The summed E-state index contributed by atoms with van der Waals surface area (Å²) in [7, 11) is 0. The summed E-state index contributed by atoms with van der Waals surface area (Å²) in [5.41, 5.74) is 0. The van der Waals surface area contributed by atoms with Crippen LogP contribution in [-0.2, 0) is 6.54 Å². The van der Waals surface area contributed by atoms with Gasteiger partial charge in [-0.1, -0.05) is 0 Å². The zero-order chi connectivity index (χ0) is 9.14. The van der Waals surface area contributed by atoms with Gasteiger partial charge in [-0.15, -0.1) is 11.6 Å². The second-order valence-electron chi connectivity index (χ2n) is 2.26. The Balaban J connectivity index is 3.03. The van der Waals surface area contributed by atoms with Gasteiger partial charge in [0.2, 0.25) is 0 Å². The Bertz CT molecular complexity index is 297. The minimum absolute atomic E-state index is 0.00634. The monoisotopic (exact) mass is 189 g/mol. The molecule has 6 heteroatoms. The maximum absolute atomic E-state index is 10.4. The lowest BCUT2D eigenvalue weighted by atomic mass is 10.6. The second kappa shape index (κ2) is 3.53. The van der Waals surface area contributed by atoms with E-state index in [9.17, 15) is 10.1 Å². The molecule has 0 saturated carbocycles. The lowest BCUT2D eigenvalue weighted by molar-refractivity contribution is -0.392. The summed E-state index contributed by atoms with van der Waals surface area (Å²) in [5.74, 6) is 0.952. The second-order valence-corrected chi connectivity index (χ2v) is 2.64. The number of aryl methyl sites for hydroxylation is 1. The molecule has 0 atom stereocenters. The van der Waals surface area contributed by atoms with Crippen LogP contribution in [-0.4, -0.2) is 20.4 Å². The van der Waals surface area contributed by atoms with Crippen molar-refractivity contribution in [1.29, 1.82) is 0 Å². The minimum atomic E-state index is -0.466. The number of aromatic nitrogens is 2. The summed E-state index contributed by atoms with van der Waals surface area (Å²) in [4.78, 5) is 13.8. The summed E-state index contributed by atoms with van der Waals surface area (Å²) in [6.45, 7) is 2.13. The third-order valence-electron chi connectivity index (χ3n) is 1.53. The minimum Gasteiger partial charge on any atom is -0.358 e. The fraction of sp³-hybridized carbons (Fsp3) is 0.500. The number of hydrogen-bond donors (Lipinski definition) is 0. The summed E-state index contributed by atoms with van der Waals surface area (Å²) in [6, 6.07) is 0. The van der Waals surface area contributed by atoms with Crippen LogP contribution in [0, 0.1) is 17.0 Å². The van der Waals surface area contributed by atoms with E-state index >= 15 is 0 Å². The molecule has 0 radical (unpaired) electrons. The molecule has 1 aromatic rings. The number of alkyl halides is 1. The van der Waals surface area contributed by atoms with Gasteiger partial charge in [0.25, 0.3) is 0 Å². The third-order valence-corrected chi connectivity index (χ3v) is 1.70. The van der Waals surface area contributed by atoms with Crippen LogP contribution in [0.4, 0.5) is 5.82 Å². The highest BCUT2D eigenvalue weighted by atomic mass is 35.5. The molecule has 0 amide bonds. The molecule has 0 aliphatic carbocycles. The van der Waals surface area contributed by atoms with Gasteiger partial charge in [0.1, 0.15) is 12.7 Å². The van der Waals surface area contributed by atoms with Crippen molar-refractivity contribution in [3.8, 4) is 0 Å². The van der Waals surface area contributed by atoms with Gasteiger partial charge in [-0.05, 0) is 4.92 Å². The van der Waals surface area contributed by atoms with E-state index in [1.165, 1.54) is 10.8 Å². The number of rotatable bonds is 3. The standard InChI is InChI=1S/C6H8ClN3O2/c1-5-8-4-6(10(11)12)9(5)3-2-7/h4H,2-3H2,1H3. The van der Waals surface area contributed by atoms with Crippen LogP contribution in [0.3, 0.4) is 0 Å². The van der Waals surface area contributed by atoms with Crippen molar-refractivity contribution in [3.63, 3.8) is 0 Å².